The van der Waals surface area contributed by atoms with E-state index in [4.69, 9.17) is 23.2 Å². The molecule has 2 saturated heterocycles. The lowest BCUT2D eigenvalue weighted by Crippen LogP contribution is -2.46. The van der Waals surface area contributed by atoms with Crippen molar-refractivity contribution in [2.75, 3.05) is 39.3 Å². The van der Waals surface area contributed by atoms with Crippen LogP contribution in [0.25, 0.3) is 0 Å². The second-order valence-corrected chi connectivity index (χ2v) is 24.9. The molecule has 4 aromatic carbocycles. The number of aromatic hydroxyl groups is 2. The molecule has 2 aliphatic heterocycles. The summed E-state index contributed by atoms with van der Waals surface area (Å²) in [6, 6.07) is 26.5. The van der Waals surface area contributed by atoms with Crippen LogP contribution in [0.2, 0.25) is 10.0 Å². The quantitative estimate of drug-likeness (QED) is 0.165. The highest BCUT2D eigenvalue weighted by Gasteiger charge is 2.59. The van der Waals surface area contributed by atoms with Gasteiger partial charge in [-0.1, -0.05) is 104 Å². The molecule has 6 nitrogen and oxygen atoms in total. The fraction of sp³-hybridized carbons (Fsp3) is 0.587. The number of rotatable bonds is 10. The van der Waals surface area contributed by atoms with Crippen molar-refractivity contribution >= 4 is 34.8 Å². The number of ketones is 2. The van der Waals surface area contributed by atoms with Crippen molar-refractivity contribution in [3.8, 4) is 11.5 Å². The van der Waals surface area contributed by atoms with Gasteiger partial charge < -0.3 is 20.0 Å². The number of phenols is 2. The average molecular weight is 998 g/mol. The molecule has 0 radical (unpaired) electrons. The molecule has 2 N–H and O–H groups in total. The minimum atomic E-state index is -0.211. The van der Waals surface area contributed by atoms with Crippen LogP contribution in [0.5, 0.6) is 11.5 Å². The van der Waals surface area contributed by atoms with Gasteiger partial charge in [-0.15, -0.1) is 0 Å². The van der Waals surface area contributed by atoms with Crippen LogP contribution in [-0.2, 0) is 35.3 Å². The number of piperidine rings is 1. The van der Waals surface area contributed by atoms with Crippen LogP contribution >= 0.6 is 23.2 Å². The van der Waals surface area contributed by atoms with E-state index in [1.807, 2.05) is 0 Å². The van der Waals surface area contributed by atoms with E-state index in [0.29, 0.717) is 69.0 Å². The van der Waals surface area contributed by atoms with Crippen LogP contribution in [-0.4, -0.2) is 70.8 Å². The number of likely N-dealkylation sites (tertiary alicyclic amines) is 2. The Labute approximate surface area is 434 Å². The Morgan fingerprint density at radius 3 is 1.32 bits per heavy atom. The van der Waals surface area contributed by atoms with Gasteiger partial charge in [0, 0.05) is 23.7 Å². The molecule has 10 atom stereocenters. The number of hydrogen-bond acceptors (Lipinski definition) is 6. The number of nitrogens with zero attached hydrogens (tertiary/aromatic N) is 2. The first-order chi connectivity index (χ1) is 34.4. The first-order valence-corrected chi connectivity index (χ1v) is 28.9. The Morgan fingerprint density at radius 2 is 0.915 bits per heavy atom. The van der Waals surface area contributed by atoms with Crippen LogP contribution < -0.4 is 0 Å². The molecule has 12 rings (SSSR count). The molecule has 71 heavy (non-hydrogen) atoms. The second-order valence-electron chi connectivity index (χ2n) is 24.1. The zero-order chi connectivity index (χ0) is 49.0. The number of Topliss-reactive ketones (excluding diaryl/α,β-unsaturated/α-hetero) is 2. The van der Waals surface area contributed by atoms with Crippen molar-refractivity contribution in [2.24, 2.45) is 34.5 Å². The first-order valence-electron chi connectivity index (χ1n) is 28.1. The molecule has 0 amide bonds. The average Bonchev–Trinajstić information content (AvgIpc) is 4.10. The maximum absolute atomic E-state index is 13.2. The van der Waals surface area contributed by atoms with Gasteiger partial charge in [0.05, 0.1) is 10.0 Å². The van der Waals surface area contributed by atoms with Crippen molar-refractivity contribution in [1.29, 1.82) is 0 Å². The smallest absolute Gasteiger partial charge is 0.139 e. The lowest BCUT2D eigenvalue weighted by molar-refractivity contribution is -0.130. The van der Waals surface area contributed by atoms with E-state index < -0.39 is 0 Å². The molecule has 4 aromatic rings. The predicted octanol–water partition coefficient (Wildman–Crippen LogP) is 14.2. The number of hydrogen-bond donors (Lipinski definition) is 2. The van der Waals surface area contributed by atoms with Crippen molar-refractivity contribution in [1.82, 2.24) is 9.80 Å². The fourth-order valence-corrected chi connectivity index (χ4v) is 17.3. The first kappa shape index (κ1) is 49.5. The van der Waals surface area contributed by atoms with Gasteiger partial charge in [-0.05, 0) is 246 Å². The maximum atomic E-state index is 13.2. The van der Waals surface area contributed by atoms with Crippen molar-refractivity contribution < 1.29 is 19.8 Å². The standard InChI is InChI=1S/C32H40ClNO2.C31H38ClNO2/c1-32-20-26(22-9-7-21(8-10-22)6-5-19-34-17-3-2-4-18-34)30-23-13-15-28(35)31(33)24(23)11-12-25(30)27(32)14-16-29(32)36;1-31-19-25(21-8-6-20(7-9-21)5-4-18-33-16-2-3-17-33)29-22-12-14-27(34)30(32)23(22)10-11-24(29)26(31)13-15-28(31)35/h7-10,13,15,25-27,30,35H,2-6,11-12,14,16-20H2,1H3;6-9,12,14,24-26,29,34H,2-5,10-11,13,15-19H2,1H3/t25-,26+,27-,30+,32-;24-,25+,26-,29+,31-/m00/s1. The number of carbonyl (C=O) groups excluding carboxylic acids is 2. The van der Waals surface area contributed by atoms with Crippen LogP contribution in [0, 0.1) is 34.5 Å². The number of fused-ring (bicyclic) bond motifs is 10. The minimum absolute atomic E-state index is 0.190. The third-order valence-corrected chi connectivity index (χ3v) is 21.3. The molecular weight excluding hydrogens is 920 g/mol. The monoisotopic (exact) mass is 997 g/mol. The van der Waals surface area contributed by atoms with E-state index in [1.54, 1.807) is 12.1 Å². The summed E-state index contributed by atoms with van der Waals surface area (Å²) >= 11 is 13.2. The van der Waals surface area contributed by atoms with Crippen molar-refractivity contribution in [3.05, 3.63) is 127 Å². The summed E-state index contributed by atoms with van der Waals surface area (Å²) in [5.41, 5.74) is 10.0. The molecule has 6 fully saturated rings. The summed E-state index contributed by atoms with van der Waals surface area (Å²) in [5, 5.41) is 21.6. The highest BCUT2D eigenvalue weighted by molar-refractivity contribution is 6.33. The largest absolute Gasteiger partial charge is 0.506 e. The molecule has 6 aliphatic carbocycles. The van der Waals surface area contributed by atoms with Gasteiger partial charge in [0.1, 0.15) is 23.1 Å². The summed E-state index contributed by atoms with van der Waals surface area (Å²) in [6.45, 7) is 12.0. The Kier molecular flexibility index (Phi) is 14.3. The molecule has 0 unspecified atom stereocenters. The highest BCUT2D eigenvalue weighted by atomic mass is 35.5. The lowest BCUT2D eigenvalue weighted by Gasteiger charge is -2.52. The molecular formula is C63H78Cl2N2O4. The Hall–Kier alpha value is -3.68. The van der Waals surface area contributed by atoms with Crippen LogP contribution in [0.1, 0.15) is 178 Å². The van der Waals surface area contributed by atoms with Gasteiger partial charge in [0.2, 0.25) is 0 Å². The fourth-order valence-electron chi connectivity index (χ4n) is 16.7. The Morgan fingerprint density at radius 1 is 0.521 bits per heavy atom. The van der Waals surface area contributed by atoms with Gasteiger partial charge in [-0.2, -0.15) is 0 Å². The second kappa shape index (κ2) is 20.6. The van der Waals surface area contributed by atoms with Crippen molar-refractivity contribution in [3.63, 3.8) is 0 Å². The van der Waals surface area contributed by atoms with E-state index in [9.17, 15) is 19.8 Å². The van der Waals surface area contributed by atoms with Gasteiger partial charge in [0.15, 0.2) is 0 Å². The van der Waals surface area contributed by atoms with Gasteiger partial charge in [0.25, 0.3) is 0 Å². The minimum Gasteiger partial charge on any atom is -0.506 e. The molecule has 2 heterocycles. The van der Waals surface area contributed by atoms with E-state index >= 15 is 0 Å². The van der Waals surface area contributed by atoms with Crippen LogP contribution in [0.4, 0.5) is 0 Å². The Balaban J connectivity index is 0.000000154. The van der Waals surface area contributed by atoms with Crippen molar-refractivity contribution in [2.45, 2.75) is 160 Å². The summed E-state index contributed by atoms with van der Waals surface area (Å²) in [6.07, 6.45) is 20.8. The van der Waals surface area contributed by atoms with E-state index in [2.05, 4.69) is 84.3 Å². The van der Waals surface area contributed by atoms with Gasteiger partial charge in [-0.25, -0.2) is 0 Å². The molecule has 0 bridgehead atoms. The Bertz CT molecular complexity index is 2580. The van der Waals surface area contributed by atoms with Crippen LogP contribution in [0.15, 0.2) is 72.8 Å². The number of phenolic OH excluding ortho intramolecular Hbond substituents is 2. The highest BCUT2D eigenvalue weighted by Crippen LogP contribution is 2.66. The molecule has 8 heteroatoms. The van der Waals surface area contributed by atoms with Crippen LogP contribution in [0.3, 0.4) is 0 Å². The number of halogens is 2. The van der Waals surface area contributed by atoms with E-state index in [-0.39, 0.29) is 22.3 Å². The third-order valence-electron chi connectivity index (χ3n) is 20.4. The molecule has 8 aliphatic rings. The zero-order valence-corrected chi connectivity index (χ0v) is 44.1. The molecule has 0 aromatic heterocycles. The number of aryl methyl sites for hydroxylation is 2. The third kappa shape index (κ3) is 9.35. The summed E-state index contributed by atoms with van der Waals surface area (Å²) < 4.78 is 0. The normalized spacial score (nSPS) is 32.2. The maximum Gasteiger partial charge on any atom is 0.139 e. The topological polar surface area (TPSA) is 81.1 Å². The van der Waals surface area contributed by atoms with Gasteiger partial charge >= 0.3 is 0 Å². The molecule has 378 valence electrons. The summed E-state index contributed by atoms with van der Waals surface area (Å²) in [4.78, 5) is 31.5. The summed E-state index contributed by atoms with van der Waals surface area (Å²) in [5.74, 6) is 4.58. The molecule has 4 saturated carbocycles. The van der Waals surface area contributed by atoms with E-state index in [0.717, 1.165) is 88.2 Å². The summed E-state index contributed by atoms with van der Waals surface area (Å²) in [7, 11) is 0. The lowest BCUT2D eigenvalue weighted by atomic mass is 9.51. The molecule has 0 spiro atoms. The van der Waals surface area contributed by atoms with E-state index in [1.165, 1.54) is 118 Å². The SMILES string of the molecule is C[C@]12C[C@H](c3ccc(CCCN4CCCC4)cc3)[C@@H]3c4ccc(O)c(Cl)c4CC[C@H]3[C@@H]1CCC2=O.C[C@]12C[C@H](c3ccc(CCCN4CCCCC4)cc3)[C@@H]3c4ccc(O)c(Cl)c4CC[C@H]3[C@@H]1CCC2=O. The predicted molar refractivity (Wildman–Crippen MR) is 287 cm³/mol. The van der Waals surface area contributed by atoms with Gasteiger partial charge in [-0.3, -0.25) is 9.59 Å². The zero-order valence-electron chi connectivity index (χ0n) is 42.6. The number of carbonyl (C=O) groups is 2. The number of benzene rings is 4.